The fraction of sp³-hybridized carbons (Fsp3) is 0.529. The first-order valence-corrected chi connectivity index (χ1v) is 8.40. The van der Waals surface area contributed by atoms with Gasteiger partial charge in [-0.05, 0) is 49.8 Å². The Balaban J connectivity index is 0.00000156. The summed E-state index contributed by atoms with van der Waals surface area (Å²) in [6, 6.07) is 8.03. The zero-order valence-corrected chi connectivity index (χ0v) is 14.5. The van der Waals surface area contributed by atoms with Crippen molar-refractivity contribution in [1.29, 1.82) is 0 Å². The highest BCUT2D eigenvalue weighted by molar-refractivity contribution is 6.30. The molecule has 0 spiro atoms. The third kappa shape index (κ3) is 2.67. The molecular formula is C17H21Cl2N3O. The number of nitrogens with two attached hydrogens (primary N) is 1. The molecule has 0 bridgehead atoms. The molecular weight excluding hydrogens is 333 g/mol. The van der Waals surface area contributed by atoms with Gasteiger partial charge in [0.1, 0.15) is 0 Å². The van der Waals surface area contributed by atoms with Crippen LogP contribution in [0.15, 0.2) is 28.8 Å². The predicted octanol–water partition coefficient (Wildman–Crippen LogP) is 4.34. The third-order valence-electron chi connectivity index (χ3n) is 5.36. The second-order valence-electron chi connectivity index (χ2n) is 6.73. The van der Waals surface area contributed by atoms with Crippen molar-refractivity contribution in [3.8, 4) is 0 Å². The highest BCUT2D eigenvalue weighted by Crippen LogP contribution is 2.47. The first-order chi connectivity index (χ1) is 10.6. The van der Waals surface area contributed by atoms with E-state index in [1.807, 2.05) is 18.2 Å². The van der Waals surface area contributed by atoms with Crippen LogP contribution in [0, 0.1) is 0 Å². The molecule has 23 heavy (non-hydrogen) atoms. The molecule has 1 heterocycles. The number of rotatable bonds is 3. The standard InChI is InChI=1S/C17H20ClN3O.ClH/c18-13-6-3-5-12(11-13)16(7-1-2-8-16)15-20-14(21-22-15)17(19)9-4-10-17;/h3,5-6,11H,1-2,4,7-10,19H2;1H. The summed E-state index contributed by atoms with van der Waals surface area (Å²) in [5, 5.41) is 4.95. The van der Waals surface area contributed by atoms with Gasteiger partial charge >= 0.3 is 0 Å². The van der Waals surface area contributed by atoms with Gasteiger partial charge in [0.15, 0.2) is 5.82 Å². The molecule has 1 aromatic carbocycles. The topological polar surface area (TPSA) is 64.9 Å². The molecule has 2 aliphatic carbocycles. The molecule has 2 aromatic rings. The van der Waals surface area contributed by atoms with Crippen LogP contribution in [0.4, 0.5) is 0 Å². The average Bonchev–Trinajstić information content (AvgIpc) is 3.14. The van der Waals surface area contributed by atoms with Crippen molar-refractivity contribution in [2.24, 2.45) is 5.73 Å². The van der Waals surface area contributed by atoms with Crippen molar-refractivity contribution in [2.75, 3.05) is 0 Å². The normalized spacial score (nSPS) is 21.5. The predicted molar refractivity (Wildman–Crippen MR) is 92.0 cm³/mol. The highest BCUT2D eigenvalue weighted by Gasteiger charge is 2.45. The molecule has 2 aliphatic rings. The molecule has 4 rings (SSSR count). The van der Waals surface area contributed by atoms with Gasteiger partial charge in [-0.1, -0.05) is 41.7 Å². The minimum Gasteiger partial charge on any atom is -0.338 e. The van der Waals surface area contributed by atoms with E-state index >= 15 is 0 Å². The van der Waals surface area contributed by atoms with Gasteiger partial charge in [-0.15, -0.1) is 12.4 Å². The monoisotopic (exact) mass is 353 g/mol. The molecule has 2 N–H and O–H groups in total. The summed E-state index contributed by atoms with van der Waals surface area (Å²) in [4.78, 5) is 4.72. The van der Waals surface area contributed by atoms with Gasteiger partial charge in [0, 0.05) is 5.02 Å². The SMILES string of the molecule is Cl.NC1(c2noc(C3(c4cccc(Cl)c4)CCCC3)n2)CCC1. The fourth-order valence-electron chi connectivity index (χ4n) is 3.79. The van der Waals surface area contributed by atoms with Crippen LogP contribution in [-0.4, -0.2) is 10.1 Å². The van der Waals surface area contributed by atoms with Crippen molar-refractivity contribution in [3.63, 3.8) is 0 Å². The molecule has 4 nitrogen and oxygen atoms in total. The highest BCUT2D eigenvalue weighted by atomic mass is 35.5. The Kier molecular flexibility index (Phi) is 4.43. The summed E-state index contributed by atoms with van der Waals surface area (Å²) >= 11 is 6.20. The smallest absolute Gasteiger partial charge is 0.237 e. The summed E-state index contributed by atoms with van der Waals surface area (Å²) in [5.74, 6) is 1.38. The van der Waals surface area contributed by atoms with Gasteiger partial charge < -0.3 is 10.3 Å². The first kappa shape index (κ1) is 16.7. The Labute approximate surface area is 147 Å². The van der Waals surface area contributed by atoms with Crippen LogP contribution in [0.25, 0.3) is 0 Å². The Bertz CT molecular complexity index is 691. The van der Waals surface area contributed by atoms with Crippen LogP contribution in [0.2, 0.25) is 5.02 Å². The van der Waals surface area contributed by atoms with Crippen LogP contribution in [0.1, 0.15) is 62.2 Å². The number of aromatic nitrogens is 2. The van der Waals surface area contributed by atoms with Gasteiger partial charge in [-0.3, -0.25) is 0 Å². The van der Waals surface area contributed by atoms with Gasteiger partial charge in [0.05, 0.1) is 11.0 Å². The quantitative estimate of drug-likeness (QED) is 0.890. The van der Waals surface area contributed by atoms with Gasteiger partial charge in [0.2, 0.25) is 5.89 Å². The number of nitrogens with zero attached hydrogens (tertiary/aromatic N) is 2. The lowest BCUT2D eigenvalue weighted by Gasteiger charge is -2.34. The molecule has 1 aromatic heterocycles. The summed E-state index contributed by atoms with van der Waals surface area (Å²) in [6.45, 7) is 0. The van der Waals surface area contributed by atoms with Crippen molar-refractivity contribution < 1.29 is 4.52 Å². The lowest BCUT2D eigenvalue weighted by molar-refractivity contribution is 0.227. The van der Waals surface area contributed by atoms with Crippen LogP contribution >= 0.6 is 24.0 Å². The fourth-order valence-corrected chi connectivity index (χ4v) is 3.98. The van der Waals surface area contributed by atoms with Gasteiger partial charge in [-0.25, -0.2) is 0 Å². The lowest BCUT2D eigenvalue weighted by Crippen LogP contribution is -2.44. The molecule has 124 valence electrons. The second-order valence-corrected chi connectivity index (χ2v) is 7.17. The number of halogens is 2. The van der Waals surface area contributed by atoms with E-state index in [1.165, 1.54) is 5.56 Å². The summed E-state index contributed by atoms with van der Waals surface area (Å²) in [5.41, 5.74) is 6.93. The molecule has 0 saturated heterocycles. The Morgan fingerprint density at radius 3 is 2.43 bits per heavy atom. The van der Waals surface area contributed by atoms with Crippen LogP contribution < -0.4 is 5.73 Å². The van der Waals surface area contributed by atoms with E-state index in [2.05, 4.69) is 11.2 Å². The maximum Gasteiger partial charge on any atom is 0.237 e. The first-order valence-electron chi connectivity index (χ1n) is 8.02. The molecule has 0 aliphatic heterocycles. The van der Waals surface area contributed by atoms with Gasteiger partial charge in [-0.2, -0.15) is 4.98 Å². The van der Waals surface area contributed by atoms with E-state index in [0.29, 0.717) is 11.7 Å². The Hall–Kier alpha value is -1.10. The number of hydrogen-bond donors (Lipinski definition) is 1. The number of hydrogen-bond acceptors (Lipinski definition) is 4. The Morgan fingerprint density at radius 2 is 1.83 bits per heavy atom. The maximum atomic E-state index is 6.34. The third-order valence-corrected chi connectivity index (χ3v) is 5.60. The molecule has 0 amide bonds. The van der Waals surface area contributed by atoms with E-state index in [4.69, 9.17) is 26.8 Å². The second kappa shape index (κ2) is 6.08. The van der Waals surface area contributed by atoms with E-state index in [9.17, 15) is 0 Å². The van der Waals surface area contributed by atoms with E-state index in [0.717, 1.165) is 50.0 Å². The van der Waals surface area contributed by atoms with Crippen molar-refractivity contribution in [1.82, 2.24) is 10.1 Å². The average molecular weight is 354 g/mol. The summed E-state index contributed by atoms with van der Waals surface area (Å²) in [7, 11) is 0. The molecule has 0 unspecified atom stereocenters. The van der Waals surface area contributed by atoms with Gasteiger partial charge in [0.25, 0.3) is 0 Å². The minimum atomic E-state index is -0.379. The molecule has 2 saturated carbocycles. The zero-order valence-electron chi connectivity index (χ0n) is 12.9. The molecule has 6 heteroatoms. The zero-order chi connectivity index (χ0) is 15.2. The van der Waals surface area contributed by atoms with Crippen molar-refractivity contribution >= 4 is 24.0 Å². The molecule has 2 fully saturated rings. The van der Waals surface area contributed by atoms with Crippen LogP contribution in [0.5, 0.6) is 0 Å². The Morgan fingerprint density at radius 1 is 1.09 bits per heavy atom. The van der Waals surface area contributed by atoms with E-state index in [-0.39, 0.29) is 23.4 Å². The van der Waals surface area contributed by atoms with Crippen LogP contribution in [-0.2, 0) is 11.0 Å². The number of benzene rings is 1. The largest absolute Gasteiger partial charge is 0.338 e. The lowest BCUT2D eigenvalue weighted by atomic mass is 9.76. The van der Waals surface area contributed by atoms with E-state index in [1.54, 1.807) is 0 Å². The minimum absolute atomic E-state index is 0. The van der Waals surface area contributed by atoms with Crippen molar-refractivity contribution in [3.05, 3.63) is 46.6 Å². The van der Waals surface area contributed by atoms with Crippen molar-refractivity contribution in [2.45, 2.75) is 55.9 Å². The maximum absolute atomic E-state index is 6.34. The van der Waals surface area contributed by atoms with Crippen LogP contribution in [0.3, 0.4) is 0 Å². The molecule has 0 atom stereocenters. The van der Waals surface area contributed by atoms with E-state index < -0.39 is 0 Å². The molecule has 0 radical (unpaired) electrons. The summed E-state index contributed by atoms with van der Waals surface area (Å²) in [6.07, 6.45) is 7.39. The summed E-state index contributed by atoms with van der Waals surface area (Å²) < 4.78 is 5.68.